The van der Waals surface area contributed by atoms with E-state index >= 15 is 0 Å². The number of aromatic hydroxyl groups is 1. The molecule has 1 atom stereocenters. The van der Waals surface area contributed by atoms with Crippen molar-refractivity contribution in [1.29, 1.82) is 0 Å². The summed E-state index contributed by atoms with van der Waals surface area (Å²) in [6, 6.07) is 7.54. The Bertz CT molecular complexity index is 936. The van der Waals surface area contributed by atoms with Crippen molar-refractivity contribution in [3.63, 3.8) is 0 Å². The van der Waals surface area contributed by atoms with Gasteiger partial charge in [-0.2, -0.15) is 0 Å². The van der Waals surface area contributed by atoms with Crippen LogP contribution in [0.4, 0.5) is 0 Å². The predicted octanol–water partition coefficient (Wildman–Crippen LogP) is 2.10. The van der Waals surface area contributed by atoms with Crippen LogP contribution in [0.15, 0.2) is 29.1 Å². The van der Waals surface area contributed by atoms with E-state index in [0.29, 0.717) is 24.3 Å². The number of aromatic nitrogens is 3. The Morgan fingerprint density at radius 3 is 2.96 bits per heavy atom. The highest BCUT2D eigenvalue weighted by Gasteiger charge is 2.23. The molecule has 6 nitrogen and oxygen atoms in total. The lowest BCUT2D eigenvalue weighted by Gasteiger charge is -2.17. The van der Waals surface area contributed by atoms with Gasteiger partial charge in [-0.25, -0.2) is 9.38 Å². The van der Waals surface area contributed by atoms with Gasteiger partial charge in [-0.15, -0.1) is 0 Å². The fourth-order valence-electron chi connectivity index (χ4n) is 3.35. The molecule has 0 aliphatic carbocycles. The van der Waals surface area contributed by atoms with Crippen LogP contribution in [0, 0.1) is 0 Å². The summed E-state index contributed by atoms with van der Waals surface area (Å²) >= 11 is 0. The molecule has 0 saturated carbocycles. The van der Waals surface area contributed by atoms with E-state index in [-0.39, 0.29) is 17.5 Å². The maximum absolute atomic E-state index is 12.8. The van der Waals surface area contributed by atoms with Crippen molar-refractivity contribution in [1.82, 2.24) is 14.0 Å². The number of imidazole rings is 1. The van der Waals surface area contributed by atoms with Gasteiger partial charge in [0.25, 0.3) is 5.56 Å². The highest BCUT2D eigenvalue weighted by molar-refractivity contribution is 5.79. The molecule has 1 fully saturated rings. The number of fused-ring (bicyclic) bond motifs is 3. The maximum atomic E-state index is 12.8. The molecule has 3 aromatic rings. The second-order valence-corrected chi connectivity index (χ2v) is 5.94. The minimum atomic E-state index is -0.197. The first-order chi connectivity index (χ1) is 11.2. The number of ether oxygens (including phenoxy) is 1. The number of para-hydroxylation sites is 2. The molecule has 2 aromatic heterocycles. The summed E-state index contributed by atoms with van der Waals surface area (Å²) in [7, 11) is 0. The first-order valence-corrected chi connectivity index (χ1v) is 8.04. The van der Waals surface area contributed by atoms with Gasteiger partial charge in [0.1, 0.15) is 0 Å². The average molecular weight is 313 g/mol. The van der Waals surface area contributed by atoms with Crippen LogP contribution in [0.2, 0.25) is 0 Å². The number of hydrogen-bond donors (Lipinski definition) is 1. The minimum absolute atomic E-state index is 0.0100. The lowest BCUT2D eigenvalue weighted by atomic mass is 10.2. The van der Waals surface area contributed by atoms with Crippen LogP contribution in [-0.2, 0) is 17.7 Å². The van der Waals surface area contributed by atoms with Crippen LogP contribution in [-0.4, -0.2) is 31.8 Å². The second kappa shape index (κ2) is 5.38. The predicted molar refractivity (Wildman–Crippen MR) is 87.0 cm³/mol. The zero-order valence-corrected chi connectivity index (χ0v) is 13.0. The largest absolute Gasteiger partial charge is 0.494 e. The molecule has 23 heavy (non-hydrogen) atoms. The molecule has 0 amide bonds. The fraction of sp³-hybridized carbons (Fsp3) is 0.412. The van der Waals surface area contributed by atoms with Crippen LogP contribution >= 0.6 is 0 Å². The van der Waals surface area contributed by atoms with E-state index in [4.69, 9.17) is 4.74 Å². The van der Waals surface area contributed by atoms with Crippen molar-refractivity contribution in [3.05, 3.63) is 40.2 Å². The van der Waals surface area contributed by atoms with Crippen molar-refractivity contribution < 1.29 is 9.84 Å². The van der Waals surface area contributed by atoms with E-state index in [1.165, 1.54) is 0 Å². The van der Waals surface area contributed by atoms with Crippen LogP contribution in [0.1, 0.15) is 25.3 Å². The van der Waals surface area contributed by atoms with E-state index in [1.807, 2.05) is 31.2 Å². The molecule has 1 aliphatic heterocycles. The van der Waals surface area contributed by atoms with Gasteiger partial charge in [-0.05, 0) is 31.4 Å². The second-order valence-electron chi connectivity index (χ2n) is 5.94. The molecule has 1 aromatic carbocycles. The summed E-state index contributed by atoms with van der Waals surface area (Å²) in [6.45, 7) is 3.13. The van der Waals surface area contributed by atoms with Crippen LogP contribution in [0.5, 0.6) is 5.88 Å². The van der Waals surface area contributed by atoms with Gasteiger partial charge in [-0.3, -0.25) is 9.36 Å². The summed E-state index contributed by atoms with van der Waals surface area (Å²) < 4.78 is 9.01. The SMILES string of the molecule is CCc1c(O)n(CC2CCCO2)c2nc3ccccc3n2c1=O. The van der Waals surface area contributed by atoms with E-state index < -0.39 is 0 Å². The summed E-state index contributed by atoms with van der Waals surface area (Å²) in [6.07, 6.45) is 2.51. The Labute approximate surface area is 132 Å². The third-order valence-corrected chi connectivity index (χ3v) is 4.54. The monoisotopic (exact) mass is 313 g/mol. The smallest absolute Gasteiger partial charge is 0.266 e. The van der Waals surface area contributed by atoms with Crippen LogP contribution in [0.3, 0.4) is 0 Å². The Morgan fingerprint density at radius 2 is 2.22 bits per heavy atom. The van der Waals surface area contributed by atoms with Crippen LogP contribution < -0.4 is 5.56 Å². The van der Waals surface area contributed by atoms with E-state index in [9.17, 15) is 9.90 Å². The lowest BCUT2D eigenvalue weighted by molar-refractivity contribution is 0.0953. The Kier molecular flexibility index (Phi) is 3.34. The quantitative estimate of drug-likeness (QED) is 0.804. The average Bonchev–Trinajstić information content (AvgIpc) is 3.19. The first kappa shape index (κ1) is 14.3. The standard InChI is InChI=1S/C17H19N3O3/c1-2-12-15(21)19(10-11-6-5-9-23-11)17-18-13-7-3-4-8-14(13)20(17)16(12)22/h3-4,7-8,11,21H,2,5-6,9-10H2,1H3. The molecular weight excluding hydrogens is 294 g/mol. The van der Waals surface area contributed by atoms with E-state index in [0.717, 1.165) is 30.5 Å². The molecule has 1 aliphatic rings. The van der Waals surface area contributed by atoms with Gasteiger partial charge in [0, 0.05) is 6.61 Å². The number of hydrogen-bond acceptors (Lipinski definition) is 4. The molecule has 0 radical (unpaired) electrons. The summed E-state index contributed by atoms with van der Waals surface area (Å²) in [5.41, 5.74) is 1.73. The molecule has 0 bridgehead atoms. The molecule has 1 saturated heterocycles. The zero-order chi connectivity index (χ0) is 16.0. The van der Waals surface area contributed by atoms with Crippen molar-refractivity contribution in [2.75, 3.05) is 6.61 Å². The van der Waals surface area contributed by atoms with Gasteiger partial charge in [0.05, 0.1) is 29.2 Å². The molecule has 0 spiro atoms. The van der Waals surface area contributed by atoms with Crippen LogP contribution in [0.25, 0.3) is 16.8 Å². The Hall–Kier alpha value is -2.34. The molecule has 6 heteroatoms. The van der Waals surface area contributed by atoms with E-state index in [2.05, 4.69) is 4.98 Å². The minimum Gasteiger partial charge on any atom is -0.494 e. The van der Waals surface area contributed by atoms with Crippen molar-refractivity contribution in [3.8, 4) is 5.88 Å². The molecule has 1 unspecified atom stereocenters. The highest BCUT2D eigenvalue weighted by atomic mass is 16.5. The molecule has 3 heterocycles. The van der Waals surface area contributed by atoms with E-state index in [1.54, 1.807) is 8.97 Å². The number of rotatable bonds is 3. The Balaban J connectivity index is 2.04. The molecular formula is C17H19N3O3. The van der Waals surface area contributed by atoms with Gasteiger partial charge in [0.15, 0.2) is 0 Å². The number of benzene rings is 1. The summed E-state index contributed by atoms with van der Waals surface area (Å²) in [5.74, 6) is 0.484. The highest BCUT2D eigenvalue weighted by Crippen LogP contribution is 2.24. The fourth-order valence-corrected chi connectivity index (χ4v) is 3.35. The van der Waals surface area contributed by atoms with Gasteiger partial charge in [-0.1, -0.05) is 19.1 Å². The van der Waals surface area contributed by atoms with Crippen molar-refractivity contribution in [2.24, 2.45) is 0 Å². The van der Waals surface area contributed by atoms with Gasteiger partial charge < -0.3 is 9.84 Å². The van der Waals surface area contributed by atoms with Gasteiger partial charge in [0.2, 0.25) is 11.7 Å². The van der Waals surface area contributed by atoms with Crippen molar-refractivity contribution in [2.45, 2.75) is 38.8 Å². The molecule has 120 valence electrons. The first-order valence-electron chi connectivity index (χ1n) is 8.04. The molecule has 1 N–H and O–H groups in total. The Morgan fingerprint density at radius 1 is 1.39 bits per heavy atom. The normalized spacial score (nSPS) is 18.2. The third kappa shape index (κ3) is 2.13. The molecule has 4 rings (SSSR count). The third-order valence-electron chi connectivity index (χ3n) is 4.54. The number of nitrogens with zero attached hydrogens (tertiary/aromatic N) is 3. The lowest BCUT2D eigenvalue weighted by Crippen LogP contribution is -2.25. The zero-order valence-electron chi connectivity index (χ0n) is 13.0. The summed E-state index contributed by atoms with van der Waals surface area (Å²) in [4.78, 5) is 17.3. The van der Waals surface area contributed by atoms with Gasteiger partial charge >= 0.3 is 0 Å². The maximum Gasteiger partial charge on any atom is 0.266 e. The van der Waals surface area contributed by atoms with Crippen molar-refractivity contribution >= 4 is 16.8 Å². The summed E-state index contributed by atoms with van der Waals surface area (Å²) in [5, 5.41) is 10.6. The topological polar surface area (TPSA) is 68.8 Å².